The second kappa shape index (κ2) is 5.73. The molecular weight excluding hydrogens is 358 g/mol. The molecule has 1 aliphatic rings. The number of rotatable bonds is 2. The molecule has 1 aromatic carbocycles. The van der Waals surface area contributed by atoms with Crippen LogP contribution < -0.4 is 10.5 Å². The first-order valence-electron chi connectivity index (χ1n) is 7.48. The number of aromatic nitrogens is 4. The van der Waals surface area contributed by atoms with Crippen LogP contribution in [-0.2, 0) is 0 Å². The van der Waals surface area contributed by atoms with Crippen molar-refractivity contribution >= 4 is 32.8 Å². The van der Waals surface area contributed by atoms with Gasteiger partial charge in [-0.3, -0.25) is 4.79 Å². The highest BCUT2D eigenvalue weighted by molar-refractivity contribution is 9.10. The van der Waals surface area contributed by atoms with Gasteiger partial charge in [0, 0.05) is 41.2 Å². The molecule has 0 saturated carbocycles. The molecule has 4 rings (SSSR count). The Labute approximate surface area is 140 Å². The van der Waals surface area contributed by atoms with E-state index in [0.717, 1.165) is 28.8 Å². The first-order chi connectivity index (χ1) is 11.2. The number of hydrogen-bond donors (Lipinski definition) is 1. The van der Waals surface area contributed by atoms with E-state index in [1.807, 2.05) is 12.1 Å². The van der Waals surface area contributed by atoms with E-state index in [2.05, 4.69) is 46.8 Å². The largest absolute Gasteiger partial charge is 0.371 e. The highest BCUT2D eigenvalue weighted by Crippen LogP contribution is 2.33. The molecule has 0 spiro atoms. The van der Waals surface area contributed by atoms with Crippen molar-refractivity contribution in [3.8, 4) is 11.4 Å². The van der Waals surface area contributed by atoms with E-state index in [0.29, 0.717) is 11.5 Å². The van der Waals surface area contributed by atoms with Gasteiger partial charge in [-0.2, -0.15) is 4.98 Å². The van der Waals surface area contributed by atoms with Gasteiger partial charge >= 0.3 is 5.56 Å². The van der Waals surface area contributed by atoms with Gasteiger partial charge in [0.15, 0.2) is 11.2 Å². The Morgan fingerprint density at radius 3 is 2.74 bits per heavy atom. The van der Waals surface area contributed by atoms with Crippen molar-refractivity contribution in [2.75, 3.05) is 18.0 Å². The van der Waals surface area contributed by atoms with Crippen LogP contribution in [0.2, 0.25) is 0 Å². The molecule has 6 nitrogen and oxygen atoms in total. The van der Waals surface area contributed by atoms with Crippen LogP contribution in [0.4, 0.5) is 5.69 Å². The van der Waals surface area contributed by atoms with Gasteiger partial charge in [0.05, 0.1) is 0 Å². The molecule has 2 aromatic heterocycles. The Morgan fingerprint density at radius 1 is 1.13 bits per heavy atom. The van der Waals surface area contributed by atoms with Crippen LogP contribution in [0.3, 0.4) is 0 Å². The molecule has 1 saturated heterocycles. The standard InChI is InChI=1S/C16H14BrN5O/c17-10-3-4-12(22-7-1-2-8-22)11(9-10)14-20-15-13(16(23)21-14)18-5-6-19-15/h3-6,9H,1-2,7-8H2,(H,19,20,21,23). The van der Waals surface area contributed by atoms with Crippen LogP contribution in [0.5, 0.6) is 0 Å². The number of nitrogens with zero attached hydrogens (tertiary/aromatic N) is 4. The number of aromatic amines is 1. The van der Waals surface area contributed by atoms with Gasteiger partial charge < -0.3 is 9.88 Å². The topological polar surface area (TPSA) is 74.8 Å². The fraction of sp³-hybridized carbons (Fsp3) is 0.250. The minimum absolute atomic E-state index is 0.258. The molecule has 3 heterocycles. The van der Waals surface area contributed by atoms with Crippen LogP contribution in [0.15, 0.2) is 39.9 Å². The van der Waals surface area contributed by atoms with Crippen LogP contribution in [0.25, 0.3) is 22.6 Å². The number of H-pyrrole nitrogens is 1. The second-order valence-electron chi connectivity index (χ2n) is 5.50. The van der Waals surface area contributed by atoms with Crippen LogP contribution >= 0.6 is 15.9 Å². The van der Waals surface area contributed by atoms with Crippen molar-refractivity contribution in [1.29, 1.82) is 0 Å². The summed E-state index contributed by atoms with van der Waals surface area (Å²) < 4.78 is 0.942. The summed E-state index contributed by atoms with van der Waals surface area (Å²) in [5.41, 5.74) is 2.32. The predicted molar refractivity (Wildman–Crippen MR) is 92.5 cm³/mol. The third-order valence-electron chi connectivity index (χ3n) is 4.01. The fourth-order valence-corrected chi connectivity index (χ4v) is 3.30. The van der Waals surface area contributed by atoms with Crippen molar-refractivity contribution in [2.45, 2.75) is 12.8 Å². The quantitative estimate of drug-likeness (QED) is 0.749. The van der Waals surface area contributed by atoms with Crippen molar-refractivity contribution in [1.82, 2.24) is 19.9 Å². The van der Waals surface area contributed by atoms with E-state index < -0.39 is 0 Å². The fourth-order valence-electron chi connectivity index (χ4n) is 2.94. The summed E-state index contributed by atoms with van der Waals surface area (Å²) in [6, 6.07) is 6.05. The van der Waals surface area contributed by atoms with Crippen molar-refractivity contribution < 1.29 is 0 Å². The maximum absolute atomic E-state index is 12.2. The van der Waals surface area contributed by atoms with Gasteiger partial charge in [-0.05, 0) is 31.0 Å². The van der Waals surface area contributed by atoms with Gasteiger partial charge in [0.25, 0.3) is 0 Å². The van der Waals surface area contributed by atoms with E-state index in [1.165, 1.54) is 19.0 Å². The van der Waals surface area contributed by atoms with E-state index in [4.69, 9.17) is 0 Å². The molecule has 1 N–H and O–H groups in total. The van der Waals surface area contributed by atoms with Crippen molar-refractivity contribution in [3.05, 3.63) is 45.4 Å². The number of anilines is 1. The minimum Gasteiger partial charge on any atom is -0.371 e. The Hall–Kier alpha value is -2.28. The molecular formula is C16H14BrN5O. The van der Waals surface area contributed by atoms with Gasteiger partial charge in [0.1, 0.15) is 5.82 Å². The summed E-state index contributed by atoms with van der Waals surface area (Å²) >= 11 is 3.50. The summed E-state index contributed by atoms with van der Waals surface area (Å²) in [6.07, 6.45) is 5.42. The molecule has 0 aliphatic carbocycles. The van der Waals surface area contributed by atoms with Crippen LogP contribution in [0.1, 0.15) is 12.8 Å². The highest BCUT2D eigenvalue weighted by Gasteiger charge is 2.19. The van der Waals surface area contributed by atoms with Gasteiger partial charge in [0.2, 0.25) is 0 Å². The first kappa shape index (κ1) is 14.3. The molecule has 7 heteroatoms. The molecule has 0 amide bonds. The third kappa shape index (κ3) is 2.61. The summed E-state index contributed by atoms with van der Waals surface area (Å²) in [7, 11) is 0. The Kier molecular flexibility index (Phi) is 3.57. The second-order valence-corrected chi connectivity index (χ2v) is 6.42. The monoisotopic (exact) mass is 371 g/mol. The van der Waals surface area contributed by atoms with E-state index >= 15 is 0 Å². The molecule has 0 radical (unpaired) electrons. The lowest BCUT2D eigenvalue weighted by Crippen LogP contribution is -2.19. The first-order valence-corrected chi connectivity index (χ1v) is 8.27. The molecule has 116 valence electrons. The van der Waals surface area contributed by atoms with Crippen LogP contribution in [-0.4, -0.2) is 33.0 Å². The maximum Gasteiger partial charge on any atom is 0.301 e. The number of fused-ring (bicyclic) bond motifs is 1. The lowest BCUT2D eigenvalue weighted by atomic mass is 10.1. The van der Waals surface area contributed by atoms with Crippen LogP contribution in [0, 0.1) is 0 Å². The Balaban J connectivity index is 1.93. The lowest BCUT2D eigenvalue weighted by molar-refractivity contribution is 0.949. The number of nitrogens with one attached hydrogen (secondary N) is 1. The summed E-state index contributed by atoms with van der Waals surface area (Å²) in [4.78, 5) is 30.1. The van der Waals surface area contributed by atoms with Crippen molar-refractivity contribution in [2.24, 2.45) is 0 Å². The van der Waals surface area contributed by atoms with Crippen molar-refractivity contribution in [3.63, 3.8) is 0 Å². The zero-order valence-electron chi connectivity index (χ0n) is 12.3. The molecule has 23 heavy (non-hydrogen) atoms. The SMILES string of the molecule is O=c1nc(-c2cc(Br)ccc2N2CCCC2)[nH]c2nccnc12. The molecule has 0 unspecified atom stereocenters. The molecule has 1 fully saturated rings. The Morgan fingerprint density at radius 2 is 1.91 bits per heavy atom. The average Bonchev–Trinajstić information content (AvgIpc) is 3.09. The minimum atomic E-state index is -0.366. The van der Waals surface area contributed by atoms with E-state index in [-0.39, 0.29) is 11.1 Å². The summed E-state index contributed by atoms with van der Waals surface area (Å²) in [5.74, 6) is 0.520. The predicted octanol–water partition coefficient (Wildman–Crippen LogP) is 2.74. The number of halogens is 1. The summed E-state index contributed by atoms with van der Waals surface area (Å²) in [5, 5.41) is 0. The molecule has 3 aromatic rings. The third-order valence-corrected chi connectivity index (χ3v) is 4.50. The zero-order chi connectivity index (χ0) is 15.8. The normalized spacial score (nSPS) is 14.6. The molecule has 1 aliphatic heterocycles. The summed E-state index contributed by atoms with van der Waals surface area (Å²) in [6.45, 7) is 2.04. The van der Waals surface area contributed by atoms with E-state index in [1.54, 1.807) is 6.20 Å². The van der Waals surface area contributed by atoms with E-state index in [9.17, 15) is 4.79 Å². The highest BCUT2D eigenvalue weighted by atomic mass is 79.9. The van der Waals surface area contributed by atoms with Gasteiger partial charge in [-0.15, -0.1) is 0 Å². The maximum atomic E-state index is 12.2. The van der Waals surface area contributed by atoms with Gasteiger partial charge in [-0.1, -0.05) is 15.9 Å². The molecule has 0 atom stereocenters. The van der Waals surface area contributed by atoms with Gasteiger partial charge in [-0.25, -0.2) is 9.97 Å². The average molecular weight is 372 g/mol. The lowest BCUT2D eigenvalue weighted by Gasteiger charge is -2.21. The zero-order valence-corrected chi connectivity index (χ0v) is 13.9. The number of benzene rings is 1. The number of hydrogen-bond acceptors (Lipinski definition) is 5. The smallest absolute Gasteiger partial charge is 0.301 e. The Bertz CT molecular complexity index is 933. The molecule has 0 bridgehead atoms.